The van der Waals surface area contributed by atoms with E-state index in [0.717, 1.165) is 22.6 Å². The number of benzene rings is 4. The van der Waals surface area contributed by atoms with Crippen LogP contribution < -0.4 is 0 Å². The number of thiol groups is 2. The second-order valence-electron chi connectivity index (χ2n) is 8.23. The zero-order valence-electron chi connectivity index (χ0n) is 17.9. The predicted molar refractivity (Wildman–Crippen MR) is 137 cm³/mol. The van der Waals surface area contributed by atoms with Crippen molar-refractivity contribution in [2.24, 2.45) is 0 Å². The summed E-state index contributed by atoms with van der Waals surface area (Å²) in [6.07, 6.45) is 1.92. The van der Waals surface area contributed by atoms with E-state index in [1.165, 1.54) is 44.5 Å². The van der Waals surface area contributed by atoms with Gasteiger partial charge < -0.3 is 0 Å². The van der Waals surface area contributed by atoms with E-state index in [9.17, 15) is 0 Å². The lowest BCUT2D eigenvalue weighted by Gasteiger charge is -2.37. The summed E-state index contributed by atoms with van der Waals surface area (Å²) < 4.78 is 0. The van der Waals surface area contributed by atoms with Crippen molar-refractivity contribution in [2.45, 2.75) is 41.9 Å². The van der Waals surface area contributed by atoms with Crippen molar-refractivity contribution < 1.29 is 0 Å². The summed E-state index contributed by atoms with van der Waals surface area (Å²) in [4.78, 5) is 2.02. The smallest absolute Gasteiger partial charge is 0.0718 e. The topological polar surface area (TPSA) is 0 Å². The molecule has 0 spiro atoms. The van der Waals surface area contributed by atoms with Crippen LogP contribution in [0.25, 0.3) is 11.1 Å². The molecule has 0 unspecified atom stereocenters. The average molecular weight is 439 g/mol. The Balaban J connectivity index is 2.01. The first-order valence-corrected chi connectivity index (χ1v) is 11.8. The molecule has 2 heteroatoms. The number of rotatable bonds is 4. The van der Waals surface area contributed by atoms with Crippen LogP contribution in [0.5, 0.6) is 0 Å². The van der Waals surface area contributed by atoms with Gasteiger partial charge in [-0.05, 0) is 81.6 Å². The average Bonchev–Trinajstić information content (AvgIpc) is 3.10. The minimum atomic E-state index is -0.354. The van der Waals surface area contributed by atoms with E-state index >= 15 is 0 Å². The largest absolute Gasteiger partial charge is 0.143 e. The number of aryl methyl sites for hydroxylation is 2. The van der Waals surface area contributed by atoms with Crippen molar-refractivity contribution in [2.75, 3.05) is 0 Å². The molecule has 0 heterocycles. The van der Waals surface area contributed by atoms with Crippen LogP contribution >= 0.6 is 25.3 Å². The molecule has 154 valence electrons. The maximum absolute atomic E-state index is 4.67. The fourth-order valence-corrected chi connectivity index (χ4v) is 5.90. The van der Waals surface area contributed by atoms with Crippen LogP contribution in [0.1, 0.15) is 47.2 Å². The van der Waals surface area contributed by atoms with Crippen LogP contribution in [-0.4, -0.2) is 0 Å². The Morgan fingerprint density at radius 3 is 1.39 bits per heavy atom. The van der Waals surface area contributed by atoms with Crippen LogP contribution in [0.15, 0.2) is 94.7 Å². The molecule has 0 aromatic heterocycles. The van der Waals surface area contributed by atoms with Crippen LogP contribution in [0.2, 0.25) is 0 Å². The molecule has 0 fully saturated rings. The lowest BCUT2D eigenvalue weighted by molar-refractivity contribution is 0.738. The van der Waals surface area contributed by atoms with E-state index in [4.69, 9.17) is 0 Å². The summed E-state index contributed by atoms with van der Waals surface area (Å²) in [6.45, 7) is 4.48. The highest BCUT2D eigenvalue weighted by Gasteiger charge is 2.47. The van der Waals surface area contributed by atoms with Gasteiger partial charge in [0.2, 0.25) is 0 Å². The highest BCUT2D eigenvalue weighted by atomic mass is 32.1. The third-order valence-corrected chi connectivity index (χ3v) is 7.26. The second kappa shape index (κ2) is 7.93. The molecule has 0 amide bonds. The molecule has 0 radical (unpaired) electrons. The van der Waals surface area contributed by atoms with Crippen LogP contribution in [0.4, 0.5) is 0 Å². The zero-order chi connectivity index (χ0) is 21.6. The highest BCUT2D eigenvalue weighted by Crippen LogP contribution is 2.57. The van der Waals surface area contributed by atoms with Crippen molar-refractivity contribution in [3.05, 3.63) is 118 Å². The van der Waals surface area contributed by atoms with Gasteiger partial charge in [-0.3, -0.25) is 0 Å². The Labute approximate surface area is 196 Å². The van der Waals surface area contributed by atoms with E-state index < -0.39 is 0 Å². The van der Waals surface area contributed by atoms with Crippen molar-refractivity contribution in [3.8, 4) is 11.1 Å². The molecule has 0 nitrogen and oxygen atoms in total. The van der Waals surface area contributed by atoms with Crippen LogP contribution in [0, 0.1) is 0 Å². The first kappa shape index (κ1) is 20.5. The number of hydrogen-bond acceptors (Lipinski definition) is 2. The molecule has 0 bridgehead atoms. The molecule has 5 rings (SSSR count). The normalized spacial score (nSPS) is 13.7. The SMILES string of the molecule is CCc1cc(S)ccc1C1(c2ccc(S)cc2CC)c2ccccc2-c2ccccc21. The van der Waals surface area contributed by atoms with Gasteiger partial charge in [0, 0.05) is 9.79 Å². The quantitative estimate of drug-likeness (QED) is 0.263. The Morgan fingerprint density at radius 1 is 0.548 bits per heavy atom. The molecule has 4 aromatic carbocycles. The standard InChI is InChI=1S/C29H26S2/c1-3-19-17-21(30)13-15-25(19)29(26-16-14-22(31)18-20(26)4-2)27-11-7-5-9-23(27)24-10-6-8-12-28(24)29/h5-18,30-31H,3-4H2,1-2H3. The number of hydrogen-bond donors (Lipinski definition) is 2. The van der Waals surface area contributed by atoms with Gasteiger partial charge in [-0.15, -0.1) is 25.3 Å². The second-order valence-corrected chi connectivity index (χ2v) is 9.26. The van der Waals surface area contributed by atoms with Gasteiger partial charge in [0.05, 0.1) is 5.41 Å². The maximum Gasteiger partial charge on any atom is 0.0718 e. The zero-order valence-corrected chi connectivity index (χ0v) is 19.7. The predicted octanol–water partition coefficient (Wildman–Crippen LogP) is 7.75. The molecule has 0 atom stereocenters. The molecule has 0 saturated carbocycles. The van der Waals surface area contributed by atoms with Gasteiger partial charge in [-0.2, -0.15) is 0 Å². The Hall–Kier alpha value is -2.42. The lowest BCUT2D eigenvalue weighted by atomic mass is 9.65. The Kier molecular flexibility index (Phi) is 5.24. The summed E-state index contributed by atoms with van der Waals surface area (Å²) in [5.74, 6) is 0. The lowest BCUT2D eigenvalue weighted by Crippen LogP contribution is -2.31. The van der Waals surface area contributed by atoms with Gasteiger partial charge in [-0.1, -0.05) is 74.5 Å². The van der Waals surface area contributed by atoms with Crippen molar-refractivity contribution in [1.29, 1.82) is 0 Å². The van der Waals surface area contributed by atoms with Gasteiger partial charge in [0.25, 0.3) is 0 Å². The van der Waals surface area contributed by atoms with E-state index in [-0.39, 0.29) is 5.41 Å². The fraction of sp³-hybridized carbons (Fsp3) is 0.172. The molecule has 1 aliphatic carbocycles. The first-order chi connectivity index (χ1) is 15.1. The third kappa shape index (κ3) is 3.00. The van der Waals surface area contributed by atoms with Crippen molar-refractivity contribution >= 4 is 25.3 Å². The van der Waals surface area contributed by atoms with Gasteiger partial charge in [0.1, 0.15) is 0 Å². The van der Waals surface area contributed by atoms with Crippen molar-refractivity contribution in [3.63, 3.8) is 0 Å². The Bertz CT molecular complexity index is 1180. The molecule has 0 aliphatic heterocycles. The first-order valence-electron chi connectivity index (χ1n) is 10.9. The summed E-state index contributed by atoms with van der Waals surface area (Å²) in [7, 11) is 0. The number of fused-ring (bicyclic) bond motifs is 3. The molecule has 4 aromatic rings. The van der Waals surface area contributed by atoms with Crippen LogP contribution in [-0.2, 0) is 18.3 Å². The highest BCUT2D eigenvalue weighted by molar-refractivity contribution is 7.80. The fourth-order valence-electron chi connectivity index (χ4n) is 5.44. The summed E-state index contributed by atoms with van der Waals surface area (Å²) in [5, 5.41) is 0. The molecule has 0 saturated heterocycles. The minimum absolute atomic E-state index is 0.354. The summed E-state index contributed by atoms with van der Waals surface area (Å²) in [5.41, 5.74) is 10.4. The third-order valence-electron chi connectivity index (χ3n) is 6.70. The molecule has 1 aliphatic rings. The van der Waals surface area contributed by atoms with Crippen LogP contribution in [0.3, 0.4) is 0 Å². The minimum Gasteiger partial charge on any atom is -0.143 e. The molecule has 0 N–H and O–H groups in total. The molecular formula is C29H26S2. The van der Waals surface area contributed by atoms with Crippen molar-refractivity contribution in [1.82, 2.24) is 0 Å². The van der Waals surface area contributed by atoms with E-state index in [2.05, 4.69) is 124 Å². The monoisotopic (exact) mass is 438 g/mol. The Morgan fingerprint density at radius 2 is 0.968 bits per heavy atom. The van der Waals surface area contributed by atoms with Gasteiger partial charge in [0.15, 0.2) is 0 Å². The van der Waals surface area contributed by atoms with Gasteiger partial charge >= 0.3 is 0 Å². The maximum atomic E-state index is 4.67. The summed E-state index contributed by atoms with van der Waals surface area (Å²) >= 11 is 9.33. The summed E-state index contributed by atoms with van der Waals surface area (Å²) in [6, 6.07) is 31.2. The molecule has 31 heavy (non-hydrogen) atoms. The van der Waals surface area contributed by atoms with E-state index in [1.807, 2.05) is 0 Å². The van der Waals surface area contributed by atoms with E-state index in [0.29, 0.717) is 0 Å². The van der Waals surface area contributed by atoms with E-state index in [1.54, 1.807) is 0 Å². The van der Waals surface area contributed by atoms with Gasteiger partial charge in [-0.25, -0.2) is 0 Å². The molecular weight excluding hydrogens is 412 g/mol.